The van der Waals surface area contributed by atoms with E-state index in [2.05, 4.69) is 32.1 Å². The van der Waals surface area contributed by atoms with Crippen molar-refractivity contribution in [3.8, 4) is 17.1 Å². The van der Waals surface area contributed by atoms with E-state index >= 15 is 0 Å². The smallest absolute Gasteiger partial charge is 0.181 e. The molecule has 20 heavy (non-hydrogen) atoms. The second-order valence-electron chi connectivity index (χ2n) is 5.02. The Kier molecular flexibility index (Phi) is 2.45. The van der Waals surface area contributed by atoms with Gasteiger partial charge < -0.3 is 9.72 Å². The molecule has 0 fully saturated rings. The number of fused-ring (bicyclic) bond motifs is 2. The van der Waals surface area contributed by atoms with Gasteiger partial charge in [-0.1, -0.05) is 0 Å². The van der Waals surface area contributed by atoms with E-state index < -0.39 is 0 Å². The third kappa shape index (κ3) is 1.66. The fourth-order valence-electron chi connectivity index (χ4n) is 2.84. The van der Waals surface area contributed by atoms with Crippen LogP contribution in [-0.4, -0.2) is 27.0 Å². The van der Waals surface area contributed by atoms with Crippen LogP contribution in [0.25, 0.3) is 22.6 Å². The Labute approximate surface area is 116 Å². The van der Waals surface area contributed by atoms with Gasteiger partial charge >= 0.3 is 0 Å². The maximum Gasteiger partial charge on any atom is 0.181 e. The predicted octanol–water partition coefficient (Wildman–Crippen LogP) is 2.52. The quantitative estimate of drug-likeness (QED) is 0.774. The van der Waals surface area contributed by atoms with Crippen molar-refractivity contribution in [2.45, 2.75) is 19.3 Å². The minimum absolute atomic E-state index is 0.678. The molecule has 3 aromatic rings. The van der Waals surface area contributed by atoms with Crippen LogP contribution in [-0.2, 0) is 12.8 Å². The molecule has 0 saturated carbocycles. The van der Waals surface area contributed by atoms with Gasteiger partial charge in [0.2, 0.25) is 0 Å². The number of nitrogens with one attached hydrogen (secondary N) is 1. The lowest BCUT2D eigenvalue weighted by molar-refractivity contribution is 0.415. The van der Waals surface area contributed by atoms with E-state index in [1.54, 1.807) is 13.3 Å². The topological polar surface area (TPSA) is 63.7 Å². The number of H-pyrrole nitrogens is 1. The van der Waals surface area contributed by atoms with Crippen molar-refractivity contribution in [3.63, 3.8) is 0 Å². The highest BCUT2D eigenvalue weighted by Gasteiger charge is 2.18. The number of benzene rings is 1. The number of aryl methyl sites for hydroxylation is 2. The number of ether oxygens (including phenoxy) is 1. The molecule has 0 spiro atoms. The van der Waals surface area contributed by atoms with Crippen LogP contribution in [0.15, 0.2) is 24.7 Å². The molecule has 5 nitrogen and oxygen atoms in total. The van der Waals surface area contributed by atoms with Gasteiger partial charge in [0, 0.05) is 0 Å². The molecule has 100 valence electrons. The van der Waals surface area contributed by atoms with Gasteiger partial charge in [0.15, 0.2) is 5.65 Å². The van der Waals surface area contributed by atoms with Crippen LogP contribution < -0.4 is 4.74 Å². The molecule has 2 aromatic heterocycles. The van der Waals surface area contributed by atoms with Crippen LogP contribution in [0.2, 0.25) is 0 Å². The monoisotopic (exact) mass is 266 g/mol. The van der Waals surface area contributed by atoms with Crippen molar-refractivity contribution in [1.82, 2.24) is 19.9 Å². The number of aromatic nitrogens is 4. The Balaban J connectivity index is 1.92. The number of imidazole rings is 1. The van der Waals surface area contributed by atoms with Crippen molar-refractivity contribution in [3.05, 3.63) is 35.8 Å². The number of aromatic amines is 1. The van der Waals surface area contributed by atoms with Gasteiger partial charge in [-0.05, 0) is 42.5 Å². The van der Waals surface area contributed by atoms with Crippen molar-refractivity contribution >= 4 is 11.2 Å². The summed E-state index contributed by atoms with van der Waals surface area (Å²) in [6.07, 6.45) is 6.73. The maximum atomic E-state index is 5.52. The van der Waals surface area contributed by atoms with E-state index in [9.17, 15) is 0 Å². The normalized spacial score (nSPS) is 13.7. The fraction of sp³-hybridized carbons (Fsp3) is 0.267. The minimum Gasteiger partial charge on any atom is -0.496 e. The van der Waals surface area contributed by atoms with E-state index in [-0.39, 0.29) is 0 Å². The van der Waals surface area contributed by atoms with Crippen LogP contribution in [0.1, 0.15) is 17.5 Å². The molecular weight excluding hydrogens is 252 g/mol. The zero-order valence-electron chi connectivity index (χ0n) is 11.2. The Morgan fingerprint density at radius 1 is 1.20 bits per heavy atom. The third-order valence-electron chi connectivity index (χ3n) is 3.83. The molecule has 0 bridgehead atoms. The van der Waals surface area contributed by atoms with Crippen LogP contribution in [0, 0.1) is 0 Å². The van der Waals surface area contributed by atoms with Crippen molar-refractivity contribution in [1.29, 1.82) is 0 Å². The molecule has 0 unspecified atom stereocenters. The van der Waals surface area contributed by atoms with E-state index in [0.29, 0.717) is 5.65 Å². The standard InChI is InChI=1S/C15H14N4O/c1-20-13-6-10-4-2-3-9(10)5-11(13)14-18-12-7-16-8-17-15(12)19-14/h5-8H,2-4H2,1H3,(H,16,17,18,19). The zero-order chi connectivity index (χ0) is 13.5. The number of hydrogen-bond acceptors (Lipinski definition) is 4. The highest BCUT2D eigenvalue weighted by atomic mass is 16.5. The van der Waals surface area contributed by atoms with Gasteiger partial charge in [0.1, 0.15) is 23.4 Å². The average molecular weight is 266 g/mol. The summed E-state index contributed by atoms with van der Waals surface area (Å²) < 4.78 is 5.52. The minimum atomic E-state index is 0.678. The van der Waals surface area contributed by atoms with Gasteiger partial charge in [-0.2, -0.15) is 0 Å². The predicted molar refractivity (Wildman–Crippen MR) is 75.7 cm³/mol. The van der Waals surface area contributed by atoms with Crippen molar-refractivity contribution < 1.29 is 4.74 Å². The Hall–Kier alpha value is -2.43. The molecule has 1 aromatic carbocycles. The number of nitrogens with zero attached hydrogens (tertiary/aromatic N) is 3. The molecule has 1 N–H and O–H groups in total. The molecular formula is C15H14N4O. The SMILES string of the molecule is COc1cc2c(cc1-c1nc3ncncc3[nH]1)CCC2. The van der Waals surface area contributed by atoms with E-state index in [0.717, 1.165) is 35.5 Å². The molecule has 0 saturated heterocycles. The van der Waals surface area contributed by atoms with E-state index in [1.165, 1.54) is 23.9 Å². The lowest BCUT2D eigenvalue weighted by atomic mass is 10.0. The van der Waals surface area contributed by atoms with E-state index in [1.807, 2.05) is 0 Å². The molecule has 1 aliphatic carbocycles. The van der Waals surface area contributed by atoms with Crippen LogP contribution in [0.5, 0.6) is 5.75 Å². The lowest BCUT2D eigenvalue weighted by Gasteiger charge is -2.09. The summed E-state index contributed by atoms with van der Waals surface area (Å²) in [5.41, 5.74) is 5.29. The van der Waals surface area contributed by atoms with Crippen LogP contribution >= 0.6 is 0 Å². The summed E-state index contributed by atoms with van der Waals surface area (Å²) in [4.78, 5) is 16.0. The molecule has 0 aliphatic heterocycles. The summed E-state index contributed by atoms with van der Waals surface area (Å²) in [7, 11) is 1.70. The van der Waals surface area contributed by atoms with Crippen LogP contribution in [0.3, 0.4) is 0 Å². The molecule has 0 atom stereocenters. The Morgan fingerprint density at radius 3 is 2.85 bits per heavy atom. The first-order chi connectivity index (χ1) is 9.85. The highest BCUT2D eigenvalue weighted by molar-refractivity contribution is 5.77. The highest BCUT2D eigenvalue weighted by Crippen LogP contribution is 2.35. The van der Waals surface area contributed by atoms with Gasteiger partial charge in [-0.25, -0.2) is 15.0 Å². The first-order valence-corrected chi connectivity index (χ1v) is 6.71. The molecule has 0 amide bonds. The Morgan fingerprint density at radius 2 is 2.05 bits per heavy atom. The number of hydrogen-bond donors (Lipinski definition) is 1. The summed E-state index contributed by atoms with van der Waals surface area (Å²) in [6, 6.07) is 4.32. The second-order valence-corrected chi connectivity index (χ2v) is 5.02. The van der Waals surface area contributed by atoms with Gasteiger partial charge in [0.05, 0.1) is 18.9 Å². The van der Waals surface area contributed by atoms with Crippen molar-refractivity contribution in [2.24, 2.45) is 0 Å². The summed E-state index contributed by atoms with van der Waals surface area (Å²) in [5.74, 6) is 1.64. The molecule has 5 heteroatoms. The van der Waals surface area contributed by atoms with Gasteiger partial charge in [-0.3, -0.25) is 0 Å². The third-order valence-corrected chi connectivity index (χ3v) is 3.83. The summed E-state index contributed by atoms with van der Waals surface area (Å²) in [6.45, 7) is 0. The fourth-order valence-corrected chi connectivity index (χ4v) is 2.84. The molecule has 0 radical (unpaired) electrons. The number of methoxy groups -OCH3 is 1. The zero-order valence-corrected chi connectivity index (χ0v) is 11.2. The Bertz CT molecular complexity index is 761. The largest absolute Gasteiger partial charge is 0.496 e. The van der Waals surface area contributed by atoms with E-state index in [4.69, 9.17) is 4.74 Å². The molecule has 1 aliphatic rings. The average Bonchev–Trinajstić information content (AvgIpc) is 3.11. The number of rotatable bonds is 2. The van der Waals surface area contributed by atoms with Crippen molar-refractivity contribution in [2.75, 3.05) is 7.11 Å². The summed E-state index contributed by atoms with van der Waals surface area (Å²) in [5, 5.41) is 0. The summed E-state index contributed by atoms with van der Waals surface area (Å²) >= 11 is 0. The van der Waals surface area contributed by atoms with Gasteiger partial charge in [-0.15, -0.1) is 0 Å². The first kappa shape index (κ1) is 11.4. The van der Waals surface area contributed by atoms with Gasteiger partial charge in [0.25, 0.3) is 0 Å². The van der Waals surface area contributed by atoms with Crippen LogP contribution in [0.4, 0.5) is 0 Å². The molecule has 4 rings (SSSR count). The molecule has 2 heterocycles. The first-order valence-electron chi connectivity index (χ1n) is 6.71. The lowest BCUT2D eigenvalue weighted by Crippen LogP contribution is -1.93. The second kappa shape index (κ2) is 4.30. The maximum absolute atomic E-state index is 5.52.